The van der Waals surface area contributed by atoms with Crippen molar-refractivity contribution in [3.05, 3.63) is 29.8 Å². The molecule has 1 heterocycles. The van der Waals surface area contributed by atoms with E-state index in [1.165, 1.54) is 0 Å². The van der Waals surface area contributed by atoms with Gasteiger partial charge in [-0.3, -0.25) is 4.79 Å². The van der Waals surface area contributed by atoms with E-state index in [4.69, 9.17) is 4.74 Å². The first kappa shape index (κ1) is 14.9. The molecule has 2 rings (SSSR count). The van der Waals surface area contributed by atoms with Gasteiger partial charge in [0.1, 0.15) is 5.75 Å². The molecule has 1 saturated heterocycles. The highest BCUT2D eigenvalue weighted by molar-refractivity contribution is 5.79. The summed E-state index contributed by atoms with van der Waals surface area (Å²) in [5.74, 6) is 0.907. The van der Waals surface area contributed by atoms with Gasteiger partial charge in [0.05, 0.1) is 12.5 Å². The lowest BCUT2D eigenvalue weighted by atomic mass is 10.1. The molecular weight excluding hydrogens is 252 g/mol. The lowest BCUT2D eigenvalue weighted by Crippen LogP contribution is -2.46. The summed E-state index contributed by atoms with van der Waals surface area (Å²) in [6, 6.07) is 8.03. The van der Waals surface area contributed by atoms with E-state index < -0.39 is 0 Å². The highest BCUT2D eigenvalue weighted by Gasteiger charge is 2.15. The Kier molecular flexibility index (Phi) is 5.41. The summed E-state index contributed by atoms with van der Waals surface area (Å²) >= 11 is 0. The molecule has 1 aromatic rings. The van der Waals surface area contributed by atoms with Gasteiger partial charge in [0.2, 0.25) is 5.91 Å². The van der Waals surface area contributed by atoms with Crippen molar-refractivity contribution in [2.75, 3.05) is 13.1 Å². The van der Waals surface area contributed by atoms with Gasteiger partial charge in [-0.25, -0.2) is 0 Å². The molecule has 4 nitrogen and oxygen atoms in total. The molecule has 1 atom stereocenters. The molecule has 0 spiro atoms. The summed E-state index contributed by atoms with van der Waals surface area (Å²) in [4.78, 5) is 12.0. The Morgan fingerprint density at radius 2 is 2.35 bits per heavy atom. The highest BCUT2D eigenvalue weighted by atomic mass is 16.5. The average molecular weight is 276 g/mol. The van der Waals surface area contributed by atoms with Crippen molar-refractivity contribution in [2.24, 2.45) is 0 Å². The van der Waals surface area contributed by atoms with Crippen LogP contribution in [0.4, 0.5) is 0 Å². The fraction of sp³-hybridized carbons (Fsp3) is 0.562. The number of hydrogen-bond acceptors (Lipinski definition) is 3. The molecule has 0 saturated carbocycles. The van der Waals surface area contributed by atoms with Crippen LogP contribution in [0, 0.1) is 0 Å². The van der Waals surface area contributed by atoms with E-state index in [2.05, 4.69) is 10.6 Å². The maximum atomic E-state index is 12.0. The number of amides is 1. The zero-order chi connectivity index (χ0) is 14.4. The standard InChI is InChI=1S/C16H24N2O2/c1-12(2)20-15-7-3-5-13(9-15)10-16(19)18-14-6-4-8-17-11-14/h3,5,7,9,12,14,17H,4,6,8,10-11H2,1-2H3,(H,18,19)/t14-/m0/s1. The zero-order valence-corrected chi connectivity index (χ0v) is 12.3. The van der Waals surface area contributed by atoms with Crippen molar-refractivity contribution in [1.82, 2.24) is 10.6 Å². The van der Waals surface area contributed by atoms with Crippen molar-refractivity contribution in [3.8, 4) is 5.75 Å². The van der Waals surface area contributed by atoms with Crippen LogP contribution in [0.2, 0.25) is 0 Å². The predicted octanol–water partition coefficient (Wildman–Crippen LogP) is 1.88. The summed E-state index contributed by atoms with van der Waals surface area (Å²) < 4.78 is 5.64. The van der Waals surface area contributed by atoms with Crippen LogP contribution < -0.4 is 15.4 Å². The van der Waals surface area contributed by atoms with Gasteiger partial charge in [0.25, 0.3) is 0 Å². The van der Waals surface area contributed by atoms with Gasteiger partial charge in [0, 0.05) is 12.6 Å². The number of nitrogens with one attached hydrogen (secondary N) is 2. The number of carbonyl (C=O) groups excluding carboxylic acids is 1. The molecule has 0 bridgehead atoms. The topological polar surface area (TPSA) is 50.4 Å². The number of ether oxygens (including phenoxy) is 1. The van der Waals surface area contributed by atoms with Crippen LogP contribution in [-0.4, -0.2) is 31.1 Å². The first-order chi connectivity index (χ1) is 9.63. The lowest BCUT2D eigenvalue weighted by molar-refractivity contribution is -0.121. The largest absolute Gasteiger partial charge is 0.491 e. The van der Waals surface area contributed by atoms with Crippen LogP contribution >= 0.6 is 0 Å². The van der Waals surface area contributed by atoms with Crippen LogP contribution in [0.15, 0.2) is 24.3 Å². The molecule has 0 unspecified atom stereocenters. The molecule has 0 aromatic heterocycles. The fourth-order valence-electron chi connectivity index (χ4n) is 2.44. The Hall–Kier alpha value is -1.55. The van der Waals surface area contributed by atoms with E-state index in [1.807, 2.05) is 38.1 Å². The van der Waals surface area contributed by atoms with Gasteiger partial charge in [-0.1, -0.05) is 12.1 Å². The summed E-state index contributed by atoms with van der Waals surface area (Å²) in [7, 11) is 0. The maximum absolute atomic E-state index is 12.0. The van der Waals surface area contributed by atoms with E-state index >= 15 is 0 Å². The zero-order valence-electron chi connectivity index (χ0n) is 12.3. The van der Waals surface area contributed by atoms with Crippen molar-refractivity contribution in [2.45, 2.75) is 45.3 Å². The van der Waals surface area contributed by atoms with E-state index in [9.17, 15) is 4.79 Å². The summed E-state index contributed by atoms with van der Waals surface area (Å²) in [5, 5.41) is 6.39. The Balaban J connectivity index is 1.86. The van der Waals surface area contributed by atoms with Crippen molar-refractivity contribution in [3.63, 3.8) is 0 Å². The third-order valence-corrected chi connectivity index (χ3v) is 3.30. The van der Waals surface area contributed by atoms with Crippen LogP contribution in [0.1, 0.15) is 32.3 Å². The second-order valence-corrected chi connectivity index (χ2v) is 5.60. The van der Waals surface area contributed by atoms with E-state index in [-0.39, 0.29) is 18.1 Å². The molecular formula is C16H24N2O2. The Morgan fingerprint density at radius 1 is 1.50 bits per heavy atom. The minimum atomic E-state index is 0.0837. The van der Waals surface area contributed by atoms with Crippen LogP contribution in [0.3, 0.4) is 0 Å². The highest BCUT2D eigenvalue weighted by Crippen LogP contribution is 2.15. The Morgan fingerprint density at radius 3 is 3.05 bits per heavy atom. The second-order valence-electron chi connectivity index (χ2n) is 5.60. The lowest BCUT2D eigenvalue weighted by Gasteiger charge is -2.23. The predicted molar refractivity (Wildman–Crippen MR) is 79.9 cm³/mol. The van der Waals surface area contributed by atoms with Crippen LogP contribution in [0.5, 0.6) is 5.75 Å². The van der Waals surface area contributed by atoms with Crippen molar-refractivity contribution < 1.29 is 9.53 Å². The Labute approximate surface area is 120 Å². The quantitative estimate of drug-likeness (QED) is 0.863. The third kappa shape index (κ3) is 4.85. The second kappa shape index (κ2) is 7.29. The smallest absolute Gasteiger partial charge is 0.224 e. The fourth-order valence-corrected chi connectivity index (χ4v) is 2.44. The summed E-state index contributed by atoms with van der Waals surface area (Å²) in [6.07, 6.45) is 2.75. The normalized spacial score (nSPS) is 18.9. The maximum Gasteiger partial charge on any atom is 0.224 e. The number of rotatable bonds is 5. The number of carbonyl (C=O) groups is 1. The number of hydrogen-bond donors (Lipinski definition) is 2. The Bertz CT molecular complexity index is 440. The average Bonchev–Trinajstić information content (AvgIpc) is 2.39. The van der Waals surface area contributed by atoms with Crippen molar-refractivity contribution >= 4 is 5.91 Å². The van der Waals surface area contributed by atoms with Gasteiger partial charge >= 0.3 is 0 Å². The van der Waals surface area contributed by atoms with Crippen LogP contribution in [0.25, 0.3) is 0 Å². The molecule has 1 fully saturated rings. The van der Waals surface area contributed by atoms with Crippen molar-refractivity contribution in [1.29, 1.82) is 0 Å². The molecule has 110 valence electrons. The van der Waals surface area contributed by atoms with Gasteiger partial charge in [-0.2, -0.15) is 0 Å². The van der Waals surface area contributed by atoms with Crippen LogP contribution in [-0.2, 0) is 11.2 Å². The third-order valence-electron chi connectivity index (χ3n) is 3.30. The molecule has 2 N–H and O–H groups in total. The SMILES string of the molecule is CC(C)Oc1cccc(CC(=O)N[C@H]2CCCNC2)c1. The minimum absolute atomic E-state index is 0.0837. The molecule has 1 amide bonds. The number of benzene rings is 1. The molecule has 0 aliphatic carbocycles. The van der Waals surface area contributed by atoms with Gasteiger partial charge in [0.15, 0.2) is 0 Å². The van der Waals surface area contributed by atoms with E-state index in [1.54, 1.807) is 0 Å². The summed E-state index contributed by atoms with van der Waals surface area (Å²) in [6.45, 7) is 5.92. The summed E-state index contributed by atoms with van der Waals surface area (Å²) in [5.41, 5.74) is 0.990. The molecule has 0 radical (unpaired) electrons. The number of piperidine rings is 1. The minimum Gasteiger partial charge on any atom is -0.491 e. The molecule has 1 aliphatic heterocycles. The van der Waals surface area contributed by atoms with E-state index in [0.717, 1.165) is 37.2 Å². The van der Waals surface area contributed by atoms with Gasteiger partial charge < -0.3 is 15.4 Å². The van der Waals surface area contributed by atoms with Gasteiger partial charge in [-0.15, -0.1) is 0 Å². The monoisotopic (exact) mass is 276 g/mol. The molecule has 4 heteroatoms. The molecule has 20 heavy (non-hydrogen) atoms. The molecule has 1 aliphatic rings. The first-order valence-corrected chi connectivity index (χ1v) is 7.39. The van der Waals surface area contributed by atoms with E-state index in [0.29, 0.717) is 6.42 Å². The molecule has 1 aromatic carbocycles. The first-order valence-electron chi connectivity index (χ1n) is 7.39. The van der Waals surface area contributed by atoms with Gasteiger partial charge in [-0.05, 0) is 50.9 Å².